The molecule has 0 saturated carbocycles. The predicted octanol–water partition coefficient (Wildman–Crippen LogP) is 4.14. The molecule has 0 spiro atoms. The molecule has 0 radical (unpaired) electrons. The average molecular weight is 252 g/mol. The molecule has 0 unspecified atom stereocenters. The van der Waals surface area contributed by atoms with Crippen LogP contribution in [0.2, 0.25) is 19.6 Å². The van der Waals surface area contributed by atoms with Gasteiger partial charge in [0.15, 0.2) is 0 Å². The Bertz CT molecular complexity index is 265. The summed E-state index contributed by atoms with van der Waals surface area (Å²) in [5, 5.41) is 9.62. The lowest BCUT2D eigenvalue weighted by Crippen LogP contribution is -2.17. The van der Waals surface area contributed by atoms with Gasteiger partial charge in [0.25, 0.3) is 0 Å². The molecule has 0 saturated heterocycles. The van der Waals surface area contributed by atoms with E-state index >= 15 is 0 Å². The van der Waals surface area contributed by atoms with Crippen molar-refractivity contribution in [3.63, 3.8) is 0 Å². The quantitative estimate of drug-likeness (QED) is 0.312. The standard InChI is InChI=1S/C15H28OSi/c1-5-6-7-8-9-10-11-12-15(16)13-14-17(2,3)4/h11-12,15-16H,5-10H2,1-4H3/b12-11-/t15-/m0/s1. The first-order valence-corrected chi connectivity index (χ1v) is 10.3. The topological polar surface area (TPSA) is 20.2 Å². The first-order valence-electron chi connectivity index (χ1n) is 6.83. The molecule has 98 valence electrons. The minimum Gasteiger partial charge on any atom is -0.377 e. The minimum atomic E-state index is -1.34. The molecule has 0 bridgehead atoms. The number of rotatable bonds is 7. The zero-order valence-corrected chi connectivity index (χ0v) is 12.9. The van der Waals surface area contributed by atoms with Crippen molar-refractivity contribution >= 4 is 8.07 Å². The lowest BCUT2D eigenvalue weighted by Gasteiger charge is -2.04. The molecule has 0 fully saturated rings. The summed E-state index contributed by atoms with van der Waals surface area (Å²) in [6.45, 7) is 8.78. The maximum atomic E-state index is 9.62. The van der Waals surface area contributed by atoms with E-state index in [1.807, 2.05) is 6.08 Å². The van der Waals surface area contributed by atoms with Crippen molar-refractivity contribution < 1.29 is 5.11 Å². The molecule has 1 nitrogen and oxygen atoms in total. The van der Waals surface area contributed by atoms with Gasteiger partial charge in [-0.05, 0) is 18.9 Å². The highest BCUT2D eigenvalue weighted by atomic mass is 28.3. The lowest BCUT2D eigenvalue weighted by molar-refractivity contribution is 0.280. The van der Waals surface area contributed by atoms with Crippen molar-refractivity contribution in [2.75, 3.05) is 0 Å². The number of allylic oxidation sites excluding steroid dienone is 1. The second-order valence-corrected chi connectivity index (χ2v) is 10.3. The van der Waals surface area contributed by atoms with Crippen LogP contribution in [-0.2, 0) is 0 Å². The van der Waals surface area contributed by atoms with Gasteiger partial charge in [-0.1, -0.05) is 64.2 Å². The van der Waals surface area contributed by atoms with Crippen LogP contribution in [0.3, 0.4) is 0 Å². The van der Waals surface area contributed by atoms with Gasteiger partial charge in [0.2, 0.25) is 0 Å². The Labute approximate surface area is 108 Å². The second kappa shape index (κ2) is 9.50. The Balaban J connectivity index is 3.66. The van der Waals surface area contributed by atoms with E-state index < -0.39 is 14.2 Å². The van der Waals surface area contributed by atoms with Crippen LogP contribution in [0.15, 0.2) is 12.2 Å². The molecule has 1 atom stereocenters. The Morgan fingerprint density at radius 3 is 2.35 bits per heavy atom. The van der Waals surface area contributed by atoms with Crippen LogP contribution >= 0.6 is 0 Å². The number of aliphatic hydroxyl groups is 1. The Morgan fingerprint density at radius 1 is 1.12 bits per heavy atom. The van der Waals surface area contributed by atoms with Crippen molar-refractivity contribution in [2.24, 2.45) is 0 Å². The smallest absolute Gasteiger partial charge is 0.132 e. The largest absolute Gasteiger partial charge is 0.377 e. The van der Waals surface area contributed by atoms with Crippen LogP contribution in [0.1, 0.15) is 45.4 Å². The van der Waals surface area contributed by atoms with Crippen LogP contribution in [0.4, 0.5) is 0 Å². The zero-order valence-electron chi connectivity index (χ0n) is 11.9. The van der Waals surface area contributed by atoms with E-state index in [0.29, 0.717) is 0 Å². The third kappa shape index (κ3) is 13.4. The Kier molecular flexibility index (Phi) is 9.21. The van der Waals surface area contributed by atoms with Crippen molar-refractivity contribution in [2.45, 2.75) is 71.2 Å². The highest BCUT2D eigenvalue weighted by Gasteiger charge is 2.07. The van der Waals surface area contributed by atoms with E-state index in [1.165, 1.54) is 32.1 Å². The highest BCUT2D eigenvalue weighted by Crippen LogP contribution is 2.05. The normalized spacial score (nSPS) is 13.5. The number of hydrogen-bond acceptors (Lipinski definition) is 1. The molecule has 17 heavy (non-hydrogen) atoms. The molecular formula is C15H28OSi. The average Bonchev–Trinajstić information content (AvgIpc) is 2.24. The van der Waals surface area contributed by atoms with Crippen molar-refractivity contribution in [1.82, 2.24) is 0 Å². The molecule has 0 aliphatic heterocycles. The van der Waals surface area contributed by atoms with E-state index in [-0.39, 0.29) is 0 Å². The van der Waals surface area contributed by atoms with E-state index in [4.69, 9.17) is 0 Å². The summed E-state index contributed by atoms with van der Waals surface area (Å²) >= 11 is 0. The van der Waals surface area contributed by atoms with Crippen LogP contribution < -0.4 is 0 Å². The molecule has 0 rings (SSSR count). The molecule has 1 N–H and O–H groups in total. The second-order valence-electron chi connectivity index (χ2n) is 5.60. The van der Waals surface area contributed by atoms with E-state index in [2.05, 4.69) is 44.1 Å². The van der Waals surface area contributed by atoms with Gasteiger partial charge in [0.05, 0.1) is 0 Å². The Morgan fingerprint density at radius 2 is 1.76 bits per heavy atom. The molecule has 0 aliphatic rings. The fourth-order valence-electron chi connectivity index (χ4n) is 1.43. The Hall–Kier alpha value is -0.523. The first-order chi connectivity index (χ1) is 7.95. The predicted molar refractivity (Wildman–Crippen MR) is 79.6 cm³/mol. The van der Waals surface area contributed by atoms with Crippen LogP contribution in [-0.4, -0.2) is 19.3 Å². The van der Waals surface area contributed by atoms with Gasteiger partial charge >= 0.3 is 0 Å². The monoisotopic (exact) mass is 252 g/mol. The van der Waals surface area contributed by atoms with Gasteiger partial charge < -0.3 is 5.11 Å². The number of unbranched alkanes of at least 4 members (excludes halogenated alkanes) is 5. The first kappa shape index (κ1) is 16.5. The molecule has 0 aromatic carbocycles. The van der Waals surface area contributed by atoms with E-state index in [0.717, 1.165) is 6.42 Å². The van der Waals surface area contributed by atoms with E-state index in [1.54, 1.807) is 0 Å². The third-order valence-electron chi connectivity index (χ3n) is 2.39. The lowest BCUT2D eigenvalue weighted by atomic mass is 10.1. The van der Waals surface area contributed by atoms with Crippen molar-refractivity contribution in [3.05, 3.63) is 12.2 Å². The summed E-state index contributed by atoms with van der Waals surface area (Å²) in [6.07, 6.45) is 10.9. The number of aliphatic hydroxyl groups excluding tert-OH is 1. The summed E-state index contributed by atoms with van der Waals surface area (Å²) in [5.74, 6) is 2.91. The summed E-state index contributed by atoms with van der Waals surface area (Å²) in [6, 6.07) is 0. The molecule has 0 aliphatic carbocycles. The van der Waals surface area contributed by atoms with Gasteiger partial charge in [-0.25, -0.2) is 0 Å². The molecule has 0 heterocycles. The third-order valence-corrected chi connectivity index (χ3v) is 3.28. The van der Waals surface area contributed by atoms with Crippen LogP contribution in [0.25, 0.3) is 0 Å². The van der Waals surface area contributed by atoms with Gasteiger partial charge in [0, 0.05) is 0 Å². The fraction of sp³-hybridized carbons (Fsp3) is 0.733. The highest BCUT2D eigenvalue weighted by molar-refractivity contribution is 6.83. The summed E-state index contributed by atoms with van der Waals surface area (Å²) in [5.41, 5.74) is 3.18. The van der Waals surface area contributed by atoms with Crippen LogP contribution in [0, 0.1) is 11.5 Å². The SMILES string of the molecule is CCCCCCC/C=C\[C@H](O)C#C[Si](C)(C)C. The maximum Gasteiger partial charge on any atom is 0.132 e. The van der Waals surface area contributed by atoms with E-state index in [9.17, 15) is 5.11 Å². The maximum absolute atomic E-state index is 9.62. The molecule has 2 heteroatoms. The summed E-state index contributed by atoms with van der Waals surface area (Å²) < 4.78 is 0. The van der Waals surface area contributed by atoms with Gasteiger partial charge in [-0.15, -0.1) is 5.54 Å². The molecule has 0 amide bonds. The van der Waals surface area contributed by atoms with Crippen molar-refractivity contribution in [3.8, 4) is 11.5 Å². The zero-order chi connectivity index (χ0) is 13.1. The van der Waals surface area contributed by atoms with Gasteiger partial charge in [-0.2, -0.15) is 0 Å². The fourth-order valence-corrected chi connectivity index (χ4v) is 2.01. The molecule has 0 aromatic rings. The minimum absolute atomic E-state index is 0.572. The van der Waals surface area contributed by atoms with Gasteiger partial charge in [-0.3, -0.25) is 0 Å². The molecular weight excluding hydrogens is 224 g/mol. The number of hydrogen-bond donors (Lipinski definition) is 1. The van der Waals surface area contributed by atoms with Gasteiger partial charge in [0.1, 0.15) is 14.2 Å². The summed E-state index contributed by atoms with van der Waals surface area (Å²) in [7, 11) is -1.34. The molecule has 0 aromatic heterocycles. The summed E-state index contributed by atoms with van der Waals surface area (Å²) in [4.78, 5) is 0. The van der Waals surface area contributed by atoms with Crippen LogP contribution in [0.5, 0.6) is 0 Å². The van der Waals surface area contributed by atoms with Crippen molar-refractivity contribution in [1.29, 1.82) is 0 Å².